The number of nitro groups is 1. The summed E-state index contributed by atoms with van der Waals surface area (Å²) in [7, 11) is 0. The molecule has 2 heterocycles. The molecule has 2 aromatic heterocycles. The number of aryl methyl sites for hydroxylation is 1. The van der Waals surface area contributed by atoms with Crippen LogP contribution in [0.3, 0.4) is 0 Å². The third kappa shape index (κ3) is 2.88. The van der Waals surface area contributed by atoms with E-state index in [9.17, 15) is 18.9 Å². The van der Waals surface area contributed by atoms with Crippen LogP contribution in [-0.4, -0.2) is 24.4 Å². The second kappa shape index (κ2) is 6.38. The number of aromatic nitrogens is 4. The minimum absolute atomic E-state index is 0.0467. The molecule has 0 spiro atoms. The Morgan fingerprint density at radius 1 is 1.30 bits per heavy atom. The molecule has 0 saturated carbocycles. The van der Waals surface area contributed by atoms with Gasteiger partial charge in [0.05, 0.1) is 11.0 Å². The van der Waals surface area contributed by atoms with Gasteiger partial charge in [-0.15, -0.1) is 0 Å². The number of rotatable bonds is 4. The van der Waals surface area contributed by atoms with E-state index in [1.807, 2.05) is 0 Å². The number of benzene rings is 1. The minimum Gasteiger partial charge on any atom is -0.347 e. The summed E-state index contributed by atoms with van der Waals surface area (Å²) in [5, 5.41) is 14.4. The van der Waals surface area contributed by atoms with Crippen molar-refractivity contribution in [2.45, 2.75) is 25.8 Å². The number of hydrogen-bond donors (Lipinski definition) is 1. The number of nitrogens with one attached hydrogen (secondary N) is 1. The number of hydrogen-bond acceptors (Lipinski definition) is 6. The standard InChI is InChI=1S/C17H14F2N6O2/c1-9-15(25(26)27)16(24-7-6-20-8-24)23-17(21-9)22-13-5-2-10-11(18)3-4-12(19)14(10)13/h3-4,6-8,13H,2,5H2,1H3,(H,21,22,23). The van der Waals surface area contributed by atoms with Gasteiger partial charge < -0.3 is 5.32 Å². The molecule has 0 saturated heterocycles. The summed E-state index contributed by atoms with van der Waals surface area (Å²) >= 11 is 0. The van der Waals surface area contributed by atoms with E-state index in [0.717, 1.165) is 12.1 Å². The normalized spacial score (nSPS) is 15.6. The highest BCUT2D eigenvalue weighted by molar-refractivity contribution is 5.54. The lowest BCUT2D eigenvalue weighted by Crippen LogP contribution is -2.14. The molecule has 0 radical (unpaired) electrons. The molecule has 0 amide bonds. The first-order valence-corrected chi connectivity index (χ1v) is 8.20. The molecule has 1 aromatic carbocycles. The van der Waals surface area contributed by atoms with Crippen molar-refractivity contribution in [3.05, 3.63) is 69.4 Å². The number of halogens is 2. The van der Waals surface area contributed by atoms with Crippen LogP contribution in [0.25, 0.3) is 5.82 Å². The monoisotopic (exact) mass is 372 g/mol. The zero-order valence-corrected chi connectivity index (χ0v) is 14.2. The second-order valence-electron chi connectivity index (χ2n) is 6.19. The molecular formula is C17H14F2N6O2. The lowest BCUT2D eigenvalue weighted by molar-refractivity contribution is -0.385. The summed E-state index contributed by atoms with van der Waals surface area (Å²) < 4.78 is 29.6. The molecule has 8 nitrogen and oxygen atoms in total. The van der Waals surface area contributed by atoms with Crippen LogP contribution in [0.15, 0.2) is 30.9 Å². The Bertz CT molecular complexity index is 1040. The number of fused-ring (bicyclic) bond motifs is 1. The molecule has 0 fully saturated rings. The van der Waals surface area contributed by atoms with Crippen molar-refractivity contribution in [3.63, 3.8) is 0 Å². The van der Waals surface area contributed by atoms with Gasteiger partial charge in [0.1, 0.15) is 23.7 Å². The van der Waals surface area contributed by atoms with E-state index in [2.05, 4.69) is 20.3 Å². The maximum absolute atomic E-state index is 14.2. The number of anilines is 1. The van der Waals surface area contributed by atoms with Crippen molar-refractivity contribution in [2.24, 2.45) is 0 Å². The van der Waals surface area contributed by atoms with E-state index in [4.69, 9.17) is 0 Å². The fraction of sp³-hybridized carbons (Fsp3) is 0.235. The maximum Gasteiger partial charge on any atom is 0.333 e. The largest absolute Gasteiger partial charge is 0.347 e. The molecule has 0 bridgehead atoms. The van der Waals surface area contributed by atoms with Crippen molar-refractivity contribution in [1.82, 2.24) is 19.5 Å². The van der Waals surface area contributed by atoms with Crippen LogP contribution in [0.1, 0.15) is 29.3 Å². The second-order valence-corrected chi connectivity index (χ2v) is 6.19. The van der Waals surface area contributed by atoms with Gasteiger partial charge in [-0.1, -0.05) is 0 Å². The van der Waals surface area contributed by atoms with E-state index < -0.39 is 22.6 Å². The fourth-order valence-electron chi connectivity index (χ4n) is 3.37. The summed E-state index contributed by atoms with van der Waals surface area (Å²) in [4.78, 5) is 23.1. The molecule has 138 valence electrons. The van der Waals surface area contributed by atoms with Gasteiger partial charge in [0, 0.05) is 18.0 Å². The lowest BCUT2D eigenvalue weighted by Gasteiger charge is -2.16. The molecule has 10 heteroatoms. The molecule has 4 rings (SSSR count). The highest BCUT2D eigenvalue weighted by atomic mass is 19.1. The van der Waals surface area contributed by atoms with Crippen LogP contribution < -0.4 is 5.32 Å². The van der Waals surface area contributed by atoms with Crippen LogP contribution in [0, 0.1) is 28.7 Å². The van der Waals surface area contributed by atoms with Crippen LogP contribution in [0.2, 0.25) is 0 Å². The Kier molecular flexibility index (Phi) is 4.02. The van der Waals surface area contributed by atoms with Gasteiger partial charge in [-0.2, -0.15) is 4.98 Å². The first-order valence-electron chi connectivity index (χ1n) is 8.20. The molecule has 1 atom stereocenters. The van der Waals surface area contributed by atoms with Gasteiger partial charge in [0.15, 0.2) is 0 Å². The summed E-state index contributed by atoms with van der Waals surface area (Å²) in [6.45, 7) is 1.49. The van der Waals surface area contributed by atoms with E-state index in [1.165, 1.54) is 30.2 Å². The number of imidazole rings is 1. The molecule has 0 aliphatic heterocycles. The van der Waals surface area contributed by atoms with Crippen LogP contribution in [0.4, 0.5) is 20.4 Å². The average Bonchev–Trinajstić information content (AvgIpc) is 3.28. The third-order valence-electron chi connectivity index (χ3n) is 4.55. The van der Waals surface area contributed by atoms with Crippen molar-refractivity contribution >= 4 is 11.6 Å². The molecule has 3 aromatic rings. The molecule has 27 heavy (non-hydrogen) atoms. The summed E-state index contributed by atoms with van der Waals surface area (Å²) in [6.07, 6.45) is 5.24. The zero-order valence-electron chi connectivity index (χ0n) is 14.2. The summed E-state index contributed by atoms with van der Waals surface area (Å²) in [5.74, 6) is -0.806. The van der Waals surface area contributed by atoms with Gasteiger partial charge in [-0.25, -0.2) is 18.7 Å². The molecule has 1 aliphatic carbocycles. The van der Waals surface area contributed by atoms with E-state index in [1.54, 1.807) is 0 Å². The van der Waals surface area contributed by atoms with Crippen LogP contribution in [0.5, 0.6) is 0 Å². The highest BCUT2D eigenvalue weighted by Gasteiger charge is 2.30. The Labute approximate surface area is 152 Å². The predicted molar refractivity (Wildman–Crippen MR) is 91.6 cm³/mol. The van der Waals surface area contributed by atoms with Crippen molar-refractivity contribution < 1.29 is 13.7 Å². The minimum atomic E-state index is -0.561. The average molecular weight is 372 g/mol. The smallest absolute Gasteiger partial charge is 0.333 e. The number of nitrogens with zero attached hydrogens (tertiary/aromatic N) is 5. The first kappa shape index (κ1) is 17.0. The Morgan fingerprint density at radius 2 is 2.07 bits per heavy atom. The first-order chi connectivity index (χ1) is 13.0. The molecule has 1 unspecified atom stereocenters. The van der Waals surface area contributed by atoms with Crippen molar-refractivity contribution in [2.75, 3.05) is 5.32 Å². The van der Waals surface area contributed by atoms with Crippen molar-refractivity contribution in [3.8, 4) is 5.82 Å². The Hall–Kier alpha value is -3.43. The van der Waals surface area contributed by atoms with E-state index in [0.29, 0.717) is 18.4 Å². The van der Waals surface area contributed by atoms with Crippen LogP contribution >= 0.6 is 0 Å². The van der Waals surface area contributed by atoms with Gasteiger partial charge in [0.2, 0.25) is 11.8 Å². The molecule has 1 N–H and O–H groups in total. The quantitative estimate of drug-likeness (QED) is 0.557. The highest BCUT2D eigenvalue weighted by Crippen LogP contribution is 2.37. The fourth-order valence-corrected chi connectivity index (χ4v) is 3.37. The molecular weight excluding hydrogens is 358 g/mol. The molecule has 1 aliphatic rings. The van der Waals surface area contributed by atoms with Gasteiger partial charge in [-0.05, 0) is 37.5 Å². The predicted octanol–water partition coefficient (Wildman–Crippen LogP) is 3.26. The summed E-state index contributed by atoms with van der Waals surface area (Å²) in [5.41, 5.74) is 0.487. The van der Waals surface area contributed by atoms with Gasteiger partial charge >= 0.3 is 5.69 Å². The topological polar surface area (TPSA) is 98.8 Å². The van der Waals surface area contributed by atoms with Crippen LogP contribution in [-0.2, 0) is 6.42 Å². The van der Waals surface area contributed by atoms with E-state index in [-0.39, 0.29) is 28.7 Å². The van der Waals surface area contributed by atoms with E-state index >= 15 is 0 Å². The van der Waals surface area contributed by atoms with Gasteiger partial charge in [-0.3, -0.25) is 14.7 Å². The lowest BCUT2D eigenvalue weighted by atomic mass is 10.1. The van der Waals surface area contributed by atoms with Gasteiger partial charge in [0.25, 0.3) is 0 Å². The summed E-state index contributed by atoms with van der Waals surface area (Å²) in [6, 6.07) is 1.68. The van der Waals surface area contributed by atoms with Crippen molar-refractivity contribution in [1.29, 1.82) is 0 Å². The Morgan fingerprint density at radius 3 is 2.78 bits per heavy atom. The third-order valence-corrected chi connectivity index (χ3v) is 4.55. The Balaban J connectivity index is 1.75. The zero-order chi connectivity index (χ0) is 19.1. The SMILES string of the molecule is Cc1nc(NC2CCc3c(F)ccc(F)c32)nc(-n2ccnc2)c1[N+](=O)[O-]. The maximum atomic E-state index is 14.2.